The zero-order valence-electron chi connectivity index (χ0n) is 8.98. The summed E-state index contributed by atoms with van der Waals surface area (Å²) in [5.74, 6) is 0.279. The van der Waals surface area contributed by atoms with Gasteiger partial charge >= 0.3 is 0 Å². The van der Waals surface area contributed by atoms with Gasteiger partial charge in [-0.1, -0.05) is 27.7 Å². The van der Waals surface area contributed by atoms with Gasteiger partial charge in [-0.25, -0.2) is 8.78 Å². The van der Waals surface area contributed by atoms with Crippen LogP contribution < -0.4 is 0 Å². The van der Waals surface area contributed by atoms with Crippen molar-refractivity contribution in [1.29, 1.82) is 0 Å². The monoisotopic (exact) mass is 190 g/mol. The fourth-order valence-corrected chi connectivity index (χ4v) is 3.01. The van der Waals surface area contributed by atoms with Gasteiger partial charge in [0.15, 0.2) is 0 Å². The normalized spacial score (nSPS) is 35.8. The Morgan fingerprint density at radius 2 is 1.69 bits per heavy atom. The maximum absolute atomic E-state index is 12.7. The Labute approximate surface area is 79.7 Å². The summed E-state index contributed by atoms with van der Waals surface area (Å²) >= 11 is 0. The van der Waals surface area contributed by atoms with E-state index in [0.29, 0.717) is 12.3 Å². The van der Waals surface area contributed by atoms with Gasteiger partial charge in [-0.3, -0.25) is 0 Å². The highest BCUT2D eigenvalue weighted by Crippen LogP contribution is 2.49. The van der Waals surface area contributed by atoms with Gasteiger partial charge in [0.05, 0.1) is 0 Å². The Hall–Kier alpha value is -0.140. The van der Waals surface area contributed by atoms with E-state index in [-0.39, 0.29) is 17.3 Å². The highest BCUT2D eigenvalue weighted by atomic mass is 19.3. The first-order chi connectivity index (χ1) is 5.84. The molecule has 78 valence electrons. The Bertz CT molecular complexity index is 169. The highest BCUT2D eigenvalue weighted by molar-refractivity contribution is 4.90. The molecule has 1 aliphatic rings. The summed E-state index contributed by atoms with van der Waals surface area (Å²) < 4.78 is 25.4. The summed E-state index contributed by atoms with van der Waals surface area (Å²) in [4.78, 5) is 0. The van der Waals surface area contributed by atoms with E-state index in [0.717, 1.165) is 6.42 Å². The molecule has 1 saturated carbocycles. The minimum atomic E-state index is -2.13. The number of alkyl halides is 2. The van der Waals surface area contributed by atoms with E-state index in [1.54, 1.807) is 0 Å². The lowest BCUT2D eigenvalue weighted by Crippen LogP contribution is -2.31. The standard InChI is InChI=1S/C11H20F2/c1-7-5-6-8(10(12)13)9(7)11(2,3)4/h7-10H,5-6H2,1-4H3/t7-,8?,9?/m0/s1. The second-order valence-electron chi connectivity index (χ2n) is 5.44. The third-order valence-corrected chi connectivity index (χ3v) is 3.35. The molecular formula is C11H20F2. The number of hydrogen-bond donors (Lipinski definition) is 0. The molecule has 0 aliphatic heterocycles. The molecule has 0 aromatic carbocycles. The lowest BCUT2D eigenvalue weighted by atomic mass is 9.71. The summed E-state index contributed by atoms with van der Waals surface area (Å²) in [6.45, 7) is 8.34. The molecule has 0 aromatic heterocycles. The minimum Gasteiger partial charge on any atom is -0.210 e. The van der Waals surface area contributed by atoms with E-state index < -0.39 is 6.43 Å². The van der Waals surface area contributed by atoms with Crippen LogP contribution in [0.1, 0.15) is 40.5 Å². The fourth-order valence-electron chi connectivity index (χ4n) is 3.01. The van der Waals surface area contributed by atoms with E-state index in [1.165, 1.54) is 0 Å². The van der Waals surface area contributed by atoms with E-state index in [2.05, 4.69) is 27.7 Å². The molecule has 13 heavy (non-hydrogen) atoms. The summed E-state index contributed by atoms with van der Waals surface area (Å²) in [7, 11) is 0. The molecule has 0 saturated heterocycles. The van der Waals surface area contributed by atoms with Crippen molar-refractivity contribution in [2.75, 3.05) is 0 Å². The second kappa shape index (κ2) is 3.55. The summed E-state index contributed by atoms with van der Waals surface area (Å²) in [5.41, 5.74) is 0.0248. The maximum atomic E-state index is 12.7. The molecule has 3 atom stereocenters. The average Bonchev–Trinajstić information content (AvgIpc) is 2.28. The van der Waals surface area contributed by atoms with Crippen molar-refractivity contribution in [2.45, 2.75) is 47.0 Å². The highest BCUT2D eigenvalue weighted by Gasteiger charge is 2.44. The predicted molar refractivity (Wildman–Crippen MR) is 50.8 cm³/mol. The van der Waals surface area contributed by atoms with Gasteiger partial charge in [-0.2, -0.15) is 0 Å². The molecule has 0 bridgehead atoms. The van der Waals surface area contributed by atoms with Crippen LogP contribution in [0.3, 0.4) is 0 Å². The Morgan fingerprint density at radius 1 is 1.15 bits per heavy atom. The van der Waals surface area contributed by atoms with Gasteiger partial charge in [-0.15, -0.1) is 0 Å². The number of halogens is 2. The third-order valence-electron chi connectivity index (χ3n) is 3.35. The quantitative estimate of drug-likeness (QED) is 0.587. The summed E-state index contributed by atoms with van der Waals surface area (Å²) in [5, 5.41) is 0. The van der Waals surface area contributed by atoms with Crippen LogP contribution in [0.2, 0.25) is 0 Å². The first kappa shape index (κ1) is 10.9. The molecule has 0 spiro atoms. The molecular weight excluding hydrogens is 170 g/mol. The van der Waals surface area contributed by atoms with Crippen LogP contribution in [-0.2, 0) is 0 Å². The molecule has 0 amide bonds. The molecule has 0 heterocycles. The largest absolute Gasteiger partial charge is 0.241 e. The Kier molecular flexibility index (Phi) is 2.98. The van der Waals surface area contributed by atoms with Gasteiger partial charge in [0.2, 0.25) is 6.43 Å². The van der Waals surface area contributed by atoms with Crippen LogP contribution in [0.5, 0.6) is 0 Å². The van der Waals surface area contributed by atoms with Crippen molar-refractivity contribution < 1.29 is 8.78 Å². The lowest BCUT2D eigenvalue weighted by Gasteiger charge is -2.35. The predicted octanol–water partition coefficient (Wildman–Crippen LogP) is 3.96. The zero-order chi connectivity index (χ0) is 10.2. The Morgan fingerprint density at radius 3 is 2.00 bits per heavy atom. The molecule has 0 aromatic rings. The van der Waals surface area contributed by atoms with Crippen molar-refractivity contribution in [2.24, 2.45) is 23.2 Å². The van der Waals surface area contributed by atoms with Gasteiger partial charge in [0.25, 0.3) is 0 Å². The van der Waals surface area contributed by atoms with Crippen LogP contribution >= 0.6 is 0 Å². The van der Waals surface area contributed by atoms with Crippen LogP contribution in [0.25, 0.3) is 0 Å². The Balaban J connectivity index is 2.77. The first-order valence-electron chi connectivity index (χ1n) is 5.12. The SMILES string of the molecule is C[C@H]1CCC(C(F)F)C1C(C)(C)C. The van der Waals surface area contributed by atoms with Crippen LogP contribution in [0, 0.1) is 23.2 Å². The first-order valence-corrected chi connectivity index (χ1v) is 5.12. The third kappa shape index (κ3) is 2.21. The van der Waals surface area contributed by atoms with Crippen molar-refractivity contribution in [3.8, 4) is 0 Å². The minimum absolute atomic E-state index is 0.0248. The van der Waals surface area contributed by atoms with E-state index in [9.17, 15) is 8.78 Å². The van der Waals surface area contributed by atoms with Crippen LogP contribution in [0.15, 0.2) is 0 Å². The molecule has 2 unspecified atom stereocenters. The van der Waals surface area contributed by atoms with Crippen LogP contribution in [-0.4, -0.2) is 6.43 Å². The average molecular weight is 190 g/mol. The van der Waals surface area contributed by atoms with Crippen molar-refractivity contribution in [3.63, 3.8) is 0 Å². The molecule has 2 heteroatoms. The molecule has 1 aliphatic carbocycles. The van der Waals surface area contributed by atoms with E-state index in [4.69, 9.17) is 0 Å². The van der Waals surface area contributed by atoms with Crippen molar-refractivity contribution >= 4 is 0 Å². The summed E-state index contributed by atoms with van der Waals surface area (Å²) in [6, 6.07) is 0. The molecule has 0 nitrogen and oxygen atoms in total. The topological polar surface area (TPSA) is 0 Å². The molecule has 1 fully saturated rings. The number of rotatable bonds is 1. The van der Waals surface area contributed by atoms with Gasteiger partial charge in [0, 0.05) is 5.92 Å². The van der Waals surface area contributed by atoms with Crippen molar-refractivity contribution in [1.82, 2.24) is 0 Å². The fraction of sp³-hybridized carbons (Fsp3) is 1.00. The maximum Gasteiger partial charge on any atom is 0.241 e. The van der Waals surface area contributed by atoms with E-state index in [1.807, 2.05) is 0 Å². The van der Waals surface area contributed by atoms with Crippen molar-refractivity contribution in [3.05, 3.63) is 0 Å². The second-order valence-corrected chi connectivity index (χ2v) is 5.44. The van der Waals surface area contributed by atoms with Crippen LogP contribution in [0.4, 0.5) is 8.78 Å². The lowest BCUT2D eigenvalue weighted by molar-refractivity contribution is 0.0122. The van der Waals surface area contributed by atoms with Gasteiger partial charge in [0.1, 0.15) is 0 Å². The van der Waals surface area contributed by atoms with E-state index >= 15 is 0 Å². The molecule has 1 rings (SSSR count). The van der Waals surface area contributed by atoms with Gasteiger partial charge in [-0.05, 0) is 30.1 Å². The number of hydrogen-bond acceptors (Lipinski definition) is 0. The smallest absolute Gasteiger partial charge is 0.210 e. The molecule has 0 radical (unpaired) electrons. The summed E-state index contributed by atoms with van der Waals surface area (Å²) in [6.07, 6.45) is -0.452. The molecule has 0 N–H and O–H groups in total. The zero-order valence-corrected chi connectivity index (χ0v) is 8.98. The van der Waals surface area contributed by atoms with Gasteiger partial charge < -0.3 is 0 Å².